The second kappa shape index (κ2) is 7.05. The minimum Gasteiger partial charge on any atom is -0.486 e. The van der Waals surface area contributed by atoms with Gasteiger partial charge < -0.3 is 14.4 Å². The molecule has 1 amide bonds. The van der Waals surface area contributed by atoms with Crippen LogP contribution in [-0.2, 0) is 0 Å². The summed E-state index contributed by atoms with van der Waals surface area (Å²) in [5.41, 5.74) is 1.10. The van der Waals surface area contributed by atoms with E-state index in [-0.39, 0.29) is 12.0 Å². The Kier molecular flexibility index (Phi) is 4.66. The average Bonchev–Trinajstić information content (AvgIpc) is 2.65. The third-order valence-electron chi connectivity index (χ3n) is 3.92. The molecule has 0 saturated heterocycles. The van der Waals surface area contributed by atoms with Crippen molar-refractivity contribution >= 4 is 5.91 Å². The van der Waals surface area contributed by atoms with E-state index < -0.39 is 0 Å². The normalized spacial score (nSPS) is 15.4. The molecule has 0 aliphatic carbocycles. The summed E-state index contributed by atoms with van der Waals surface area (Å²) < 4.78 is 11.6. The Bertz CT molecular complexity index is 765. The third kappa shape index (κ3) is 3.33. The predicted octanol–water partition coefficient (Wildman–Crippen LogP) is 2.86. The molecule has 2 aromatic carbocycles. The maximum absolute atomic E-state index is 12.6. The third-order valence-corrected chi connectivity index (χ3v) is 3.92. The summed E-state index contributed by atoms with van der Waals surface area (Å²) in [5.74, 6) is 1.36. The van der Waals surface area contributed by atoms with Crippen LogP contribution in [0.4, 0.5) is 0 Å². The lowest BCUT2D eigenvalue weighted by atomic mass is 10.1. The van der Waals surface area contributed by atoms with Crippen molar-refractivity contribution in [3.63, 3.8) is 0 Å². The van der Waals surface area contributed by atoms with Crippen molar-refractivity contribution in [2.24, 2.45) is 0 Å². The highest BCUT2D eigenvalue weighted by Crippen LogP contribution is 2.31. The number of ether oxygens (including phenoxy) is 2. The maximum atomic E-state index is 12.6. The van der Waals surface area contributed by atoms with E-state index >= 15 is 0 Å². The fourth-order valence-corrected chi connectivity index (χ4v) is 2.62. The molecular formula is C19H18N2O3. The molecule has 1 atom stereocenters. The van der Waals surface area contributed by atoms with Crippen LogP contribution < -0.4 is 9.47 Å². The molecule has 24 heavy (non-hydrogen) atoms. The number of carbonyl (C=O) groups excluding carboxylic acids is 1. The molecule has 1 unspecified atom stereocenters. The minimum absolute atomic E-state index is 0.0792. The van der Waals surface area contributed by atoms with Gasteiger partial charge >= 0.3 is 0 Å². The van der Waals surface area contributed by atoms with Gasteiger partial charge in [0.05, 0.1) is 18.2 Å². The molecule has 5 heteroatoms. The fraction of sp³-hybridized carbons (Fsp3) is 0.263. The standard InChI is InChI=1S/C19H18N2O3/c1-2-21(19(22)15-9-7-14(11-20)8-10-15)12-16-13-23-17-5-3-4-6-18(17)24-16/h3-10,16H,2,12-13H2,1H3. The summed E-state index contributed by atoms with van der Waals surface area (Å²) >= 11 is 0. The smallest absolute Gasteiger partial charge is 0.253 e. The van der Waals surface area contributed by atoms with Gasteiger partial charge in [0.2, 0.25) is 0 Å². The number of fused-ring (bicyclic) bond motifs is 1. The number of nitriles is 1. The molecule has 0 aromatic heterocycles. The molecule has 5 nitrogen and oxygen atoms in total. The molecule has 3 rings (SSSR count). The molecule has 0 N–H and O–H groups in total. The first-order valence-electron chi connectivity index (χ1n) is 7.89. The van der Waals surface area contributed by atoms with Gasteiger partial charge in [-0.05, 0) is 43.3 Å². The van der Waals surface area contributed by atoms with Gasteiger partial charge in [0, 0.05) is 12.1 Å². The second-order valence-corrected chi connectivity index (χ2v) is 5.53. The second-order valence-electron chi connectivity index (χ2n) is 5.53. The first-order chi connectivity index (χ1) is 11.7. The van der Waals surface area contributed by atoms with Crippen LogP contribution in [0.5, 0.6) is 11.5 Å². The van der Waals surface area contributed by atoms with Gasteiger partial charge in [0.15, 0.2) is 17.6 Å². The van der Waals surface area contributed by atoms with Gasteiger partial charge in [-0.3, -0.25) is 4.79 Å². The number of likely N-dealkylation sites (N-methyl/N-ethyl adjacent to an activating group) is 1. The van der Waals surface area contributed by atoms with E-state index in [1.165, 1.54) is 0 Å². The lowest BCUT2D eigenvalue weighted by molar-refractivity contribution is 0.0475. The molecule has 122 valence electrons. The van der Waals surface area contributed by atoms with Gasteiger partial charge in [0.1, 0.15) is 6.61 Å². The molecule has 0 spiro atoms. The number of amides is 1. The zero-order valence-corrected chi connectivity index (χ0v) is 13.4. The van der Waals surface area contributed by atoms with Crippen LogP contribution in [0.2, 0.25) is 0 Å². The van der Waals surface area contributed by atoms with E-state index in [9.17, 15) is 4.79 Å². The van der Waals surface area contributed by atoms with Gasteiger partial charge in [-0.2, -0.15) is 5.26 Å². The monoisotopic (exact) mass is 322 g/mol. The zero-order chi connectivity index (χ0) is 16.9. The molecule has 0 bridgehead atoms. The average molecular weight is 322 g/mol. The predicted molar refractivity (Wildman–Crippen MR) is 89.1 cm³/mol. The highest BCUT2D eigenvalue weighted by molar-refractivity contribution is 5.94. The topological polar surface area (TPSA) is 62.6 Å². The van der Waals surface area contributed by atoms with E-state index in [0.717, 1.165) is 5.75 Å². The highest BCUT2D eigenvalue weighted by atomic mass is 16.6. The van der Waals surface area contributed by atoms with Crippen LogP contribution in [0.3, 0.4) is 0 Å². The van der Waals surface area contributed by atoms with Crippen molar-refractivity contribution in [1.82, 2.24) is 4.90 Å². The number of carbonyl (C=O) groups is 1. The summed E-state index contributed by atoms with van der Waals surface area (Å²) in [6, 6.07) is 16.2. The van der Waals surface area contributed by atoms with E-state index in [2.05, 4.69) is 0 Å². The van der Waals surface area contributed by atoms with Crippen LogP contribution in [0.25, 0.3) is 0 Å². The summed E-state index contributed by atoms with van der Waals surface area (Å²) in [5, 5.41) is 8.84. The van der Waals surface area contributed by atoms with Gasteiger partial charge in [-0.15, -0.1) is 0 Å². The number of nitrogens with zero attached hydrogens (tertiary/aromatic N) is 2. The highest BCUT2D eigenvalue weighted by Gasteiger charge is 2.25. The molecule has 0 saturated carbocycles. The number of rotatable bonds is 4. The molecule has 1 aliphatic rings. The van der Waals surface area contributed by atoms with E-state index in [4.69, 9.17) is 14.7 Å². The van der Waals surface area contributed by atoms with Gasteiger partial charge in [-0.1, -0.05) is 12.1 Å². The van der Waals surface area contributed by atoms with E-state index in [1.54, 1.807) is 29.2 Å². The van der Waals surface area contributed by atoms with Crippen LogP contribution in [-0.4, -0.2) is 36.6 Å². The molecule has 1 aliphatic heterocycles. The first kappa shape index (κ1) is 15.9. The van der Waals surface area contributed by atoms with Crippen LogP contribution in [0.15, 0.2) is 48.5 Å². The molecule has 2 aromatic rings. The molecule has 0 fully saturated rings. The van der Waals surface area contributed by atoms with Crippen molar-refractivity contribution < 1.29 is 14.3 Å². The Labute approximate surface area is 141 Å². The Balaban J connectivity index is 1.68. The van der Waals surface area contributed by atoms with E-state index in [0.29, 0.717) is 36.6 Å². The summed E-state index contributed by atoms with van der Waals surface area (Å²) in [6.07, 6.45) is -0.206. The van der Waals surface area contributed by atoms with Crippen molar-refractivity contribution in [3.8, 4) is 17.6 Å². The Morgan fingerprint density at radius 1 is 1.21 bits per heavy atom. The van der Waals surface area contributed by atoms with Gasteiger partial charge in [0.25, 0.3) is 5.91 Å². The number of hydrogen-bond acceptors (Lipinski definition) is 4. The Hall–Kier alpha value is -3.00. The molecule has 1 heterocycles. The first-order valence-corrected chi connectivity index (χ1v) is 7.89. The van der Waals surface area contributed by atoms with Crippen LogP contribution >= 0.6 is 0 Å². The fourth-order valence-electron chi connectivity index (χ4n) is 2.62. The van der Waals surface area contributed by atoms with Gasteiger partial charge in [-0.25, -0.2) is 0 Å². The number of benzene rings is 2. The van der Waals surface area contributed by atoms with Crippen molar-refractivity contribution in [1.29, 1.82) is 5.26 Å². The maximum Gasteiger partial charge on any atom is 0.253 e. The van der Waals surface area contributed by atoms with Crippen molar-refractivity contribution in [2.75, 3.05) is 19.7 Å². The zero-order valence-electron chi connectivity index (χ0n) is 13.4. The van der Waals surface area contributed by atoms with Crippen LogP contribution in [0.1, 0.15) is 22.8 Å². The van der Waals surface area contributed by atoms with Crippen molar-refractivity contribution in [2.45, 2.75) is 13.0 Å². The lowest BCUT2D eigenvalue weighted by Gasteiger charge is -2.31. The molecule has 0 radical (unpaired) electrons. The van der Waals surface area contributed by atoms with Crippen LogP contribution in [0, 0.1) is 11.3 Å². The lowest BCUT2D eigenvalue weighted by Crippen LogP contribution is -2.43. The Morgan fingerprint density at radius 2 is 1.92 bits per heavy atom. The Morgan fingerprint density at radius 3 is 2.58 bits per heavy atom. The SMILES string of the molecule is CCN(CC1COc2ccccc2O1)C(=O)c1ccc(C#N)cc1. The minimum atomic E-state index is -0.206. The van der Waals surface area contributed by atoms with E-state index in [1.807, 2.05) is 37.3 Å². The number of hydrogen-bond donors (Lipinski definition) is 0. The largest absolute Gasteiger partial charge is 0.486 e. The number of para-hydroxylation sites is 2. The quantitative estimate of drug-likeness (QED) is 0.868. The summed E-state index contributed by atoms with van der Waals surface area (Å²) in [7, 11) is 0. The van der Waals surface area contributed by atoms with Crippen molar-refractivity contribution in [3.05, 3.63) is 59.7 Å². The summed E-state index contributed by atoms with van der Waals surface area (Å²) in [6.45, 7) is 3.36. The molecular weight excluding hydrogens is 304 g/mol. The summed E-state index contributed by atoms with van der Waals surface area (Å²) in [4.78, 5) is 14.4.